The van der Waals surface area contributed by atoms with Gasteiger partial charge in [0.25, 0.3) is 0 Å². The van der Waals surface area contributed by atoms with Crippen LogP contribution >= 0.6 is 0 Å². The van der Waals surface area contributed by atoms with Crippen molar-refractivity contribution in [2.24, 2.45) is 0 Å². The molecular weight excluding hydrogens is 254 g/mol. The number of rotatable bonds is 0. The van der Waals surface area contributed by atoms with E-state index in [1.54, 1.807) is 4.90 Å². The van der Waals surface area contributed by atoms with E-state index in [-0.39, 0.29) is 17.4 Å². The molecule has 2 unspecified atom stereocenters. The number of nitrogens with zero attached hydrogens (tertiary/aromatic N) is 2. The van der Waals surface area contributed by atoms with Crippen LogP contribution in [-0.4, -0.2) is 58.9 Å². The predicted octanol–water partition coefficient (Wildman–Crippen LogP) is 0.740. The van der Waals surface area contributed by atoms with Crippen molar-refractivity contribution in [2.45, 2.75) is 63.6 Å². The van der Waals surface area contributed by atoms with Crippen LogP contribution in [-0.2, 0) is 9.59 Å². The first-order valence-electron chi connectivity index (χ1n) is 7.84. The van der Waals surface area contributed by atoms with Gasteiger partial charge in [0.05, 0.1) is 0 Å². The van der Waals surface area contributed by atoms with Crippen molar-refractivity contribution >= 4 is 11.8 Å². The highest BCUT2D eigenvalue weighted by atomic mass is 16.2. The Labute approximate surface area is 120 Å². The quantitative estimate of drug-likeness (QED) is 0.666. The van der Waals surface area contributed by atoms with E-state index in [0.717, 1.165) is 32.2 Å². The van der Waals surface area contributed by atoms with Crippen LogP contribution in [0.2, 0.25) is 0 Å². The maximum atomic E-state index is 12.6. The Morgan fingerprint density at radius 2 is 1.70 bits per heavy atom. The van der Waals surface area contributed by atoms with E-state index in [9.17, 15) is 9.59 Å². The third-order valence-corrected chi connectivity index (χ3v) is 4.97. The smallest absolute Gasteiger partial charge is 0.312 e. The van der Waals surface area contributed by atoms with Gasteiger partial charge < -0.3 is 15.1 Å². The molecular formula is C15H25N3O2. The lowest BCUT2D eigenvalue weighted by atomic mass is 10.0. The molecule has 2 amide bonds. The Kier molecular flexibility index (Phi) is 3.48. The van der Waals surface area contributed by atoms with Crippen LogP contribution in [0.3, 0.4) is 0 Å². The highest BCUT2D eigenvalue weighted by Crippen LogP contribution is 2.35. The fraction of sp³-hybridized carbons (Fsp3) is 0.867. The van der Waals surface area contributed by atoms with E-state index in [1.165, 1.54) is 6.42 Å². The maximum absolute atomic E-state index is 12.6. The average molecular weight is 279 g/mol. The zero-order valence-electron chi connectivity index (χ0n) is 12.5. The van der Waals surface area contributed by atoms with Gasteiger partial charge in [0.2, 0.25) is 0 Å². The van der Waals surface area contributed by atoms with Gasteiger partial charge in [0, 0.05) is 37.3 Å². The Hall–Kier alpha value is -1.10. The van der Waals surface area contributed by atoms with Gasteiger partial charge in [0.15, 0.2) is 0 Å². The molecule has 0 aromatic carbocycles. The Morgan fingerprint density at radius 3 is 2.30 bits per heavy atom. The summed E-state index contributed by atoms with van der Waals surface area (Å²) in [5, 5.41) is 3.37. The van der Waals surface area contributed by atoms with Crippen LogP contribution < -0.4 is 5.32 Å². The van der Waals surface area contributed by atoms with E-state index in [2.05, 4.69) is 19.2 Å². The molecule has 0 radical (unpaired) electrons. The van der Waals surface area contributed by atoms with Gasteiger partial charge in [-0.05, 0) is 46.0 Å². The van der Waals surface area contributed by atoms with Crippen molar-refractivity contribution in [3.63, 3.8) is 0 Å². The zero-order chi connectivity index (χ0) is 14.3. The van der Waals surface area contributed by atoms with Gasteiger partial charge in [-0.15, -0.1) is 0 Å². The molecule has 3 aliphatic heterocycles. The lowest BCUT2D eigenvalue weighted by Crippen LogP contribution is -2.61. The SMILES string of the molecule is CC1(C)CN(C(=O)C(=O)N2C3CCCC2CC3)CCN1. The Bertz CT molecular complexity index is 405. The molecule has 3 aliphatic rings. The van der Waals surface area contributed by atoms with Crippen molar-refractivity contribution in [2.75, 3.05) is 19.6 Å². The van der Waals surface area contributed by atoms with E-state index >= 15 is 0 Å². The first-order chi connectivity index (χ1) is 9.48. The zero-order valence-corrected chi connectivity index (χ0v) is 12.5. The molecule has 0 aliphatic carbocycles. The fourth-order valence-corrected chi connectivity index (χ4v) is 4.01. The predicted molar refractivity (Wildman–Crippen MR) is 76.2 cm³/mol. The summed E-state index contributed by atoms with van der Waals surface area (Å²) in [6, 6.07) is 0.641. The normalized spacial score (nSPS) is 32.3. The summed E-state index contributed by atoms with van der Waals surface area (Å²) in [6.45, 7) is 6.15. The summed E-state index contributed by atoms with van der Waals surface area (Å²) in [6.07, 6.45) is 5.51. The van der Waals surface area contributed by atoms with Gasteiger partial charge >= 0.3 is 11.8 Å². The van der Waals surface area contributed by atoms with Crippen molar-refractivity contribution in [3.05, 3.63) is 0 Å². The molecule has 0 spiro atoms. The molecule has 3 fully saturated rings. The van der Waals surface area contributed by atoms with Gasteiger partial charge in [-0.25, -0.2) is 0 Å². The largest absolute Gasteiger partial charge is 0.331 e. The molecule has 0 saturated carbocycles. The highest BCUT2D eigenvalue weighted by Gasteiger charge is 2.43. The summed E-state index contributed by atoms with van der Waals surface area (Å²) in [5.41, 5.74) is -0.102. The summed E-state index contributed by atoms with van der Waals surface area (Å²) in [4.78, 5) is 28.7. The monoisotopic (exact) mass is 279 g/mol. The Morgan fingerprint density at radius 1 is 1.05 bits per heavy atom. The fourth-order valence-electron chi connectivity index (χ4n) is 4.01. The molecule has 20 heavy (non-hydrogen) atoms. The maximum Gasteiger partial charge on any atom is 0.312 e. The molecule has 2 bridgehead atoms. The molecule has 0 aromatic rings. The summed E-state index contributed by atoms with van der Waals surface area (Å²) in [5.74, 6) is -0.548. The Balaban J connectivity index is 1.69. The van der Waals surface area contributed by atoms with E-state index in [0.29, 0.717) is 25.2 Å². The highest BCUT2D eigenvalue weighted by molar-refractivity contribution is 6.35. The molecule has 1 N–H and O–H groups in total. The first-order valence-corrected chi connectivity index (χ1v) is 7.84. The molecule has 3 heterocycles. The number of amides is 2. The van der Waals surface area contributed by atoms with E-state index in [4.69, 9.17) is 0 Å². The molecule has 112 valence electrons. The second-order valence-electron chi connectivity index (χ2n) is 7.07. The lowest BCUT2D eigenvalue weighted by Gasteiger charge is -2.40. The molecule has 2 atom stereocenters. The minimum Gasteiger partial charge on any atom is -0.331 e. The minimum absolute atomic E-state index is 0.102. The summed E-state index contributed by atoms with van der Waals surface area (Å²) < 4.78 is 0. The second kappa shape index (κ2) is 5.02. The first kappa shape index (κ1) is 13.9. The number of carbonyl (C=O) groups is 2. The van der Waals surface area contributed by atoms with Crippen LogP contribution in [0.1, 0.15) is 46.0 Å². The van der Waals surface area contributed by atoms with Gasteiger partial charge in [-0.2, -0.15) is 0 Å². The number of fused-ring (bicyclic) bond motifs is 2. The number of nitrogens with one attached hydrogen (secondary N) is 1. The van der Waals surface area contributed by atoms with E-state index in [1.807, 2.05) is 4.90 Å². The molecule has 5 heteroatoms. The molecule has 3 rings (SSSR count). The number of piperidine rings is 1. The second-order valence-corrected chi connectivity index (χ2v) is 7.07. The van der Waals surface area contributed by atoms with Crippen LogP contribution in [0.15, 0.2) is 0 Å². The van der Waals surface area contributed by atoms with Crippen LogP contribution in [0, 0.1) is 0 Å². The summed E-state index contributed by atoms with van der Waals surface area (Å²) >= 11 is 0. The van der Waals surface area contributed by atoms with Crippen molar-refractivity contribution in [1.29, 1.82) is 0 Å². The molecule has 5 nitrogen and oxygen atoms in total. The molecule has 3 saturated heterocycles. The number of hydrogen-bond donors (Lipinski definition) is 1. The lowest BCUT2D eigenvalue weighted by molar-refractivity contribution is -0.155. The van der Waals surface area contributed by atoms with Crippen molar-refractivity contribution < 1.29 is 9.59 Å². The van der Waals surface area contributed by atoms with Crippen LogP contribution in [0.25, 0.3) is 0 Å². The number of piperazine rings is 1. The third-order valence-electron chi connectivity index (χ3n) is 4.97. The van der Waals surface area contributed by atoms with Crippen molar-refractivity contribution in [3.8, 4) is 0 Å². The van der Waals surface area contributed by atoms with Gasteiger partial charge in [-0.1, -0.05) is 0 Å². The average Bonchev–Trinajstić information content (AvgIpc) is 2.65. The van der Waals surface area contributed by atoms with Gasteiger partial charge in [-0.3, -0.25) is 9.59 Å². The standard InChI is InChI=1S/C15H25N3O2/c1-15(2)10-17(9-8-16-15)13(19)14(20)18-11-4-3-5-12(18)7-6-11/h11-12,16H,3-10H2,1-2H3. The number of hydrogen-bond acceptors (Lipinski definition) is 3. The minimum atomic E-state index is -0.293. The number of carbonyl (C=O) groups excluding carboxylic acids is 2. The van der Waals surface area contributed by atoms with Crippen LogP contribution in [0.4, 0.5) is 0 Å². The topological polar surface area (TPSA) is 52.7 Å². The summed E-state index contributed by atoms with van der Waals surface area (Å²) in [7, 11) is 0. The molecule has 0 aromatic heterocycles. The third kappa shape index (κ3) is 2.43. The van der Waals surface area contributed by atoms with Gasteiger partial charge in [0.1, 0.15) is 0 Å². The van der Waals surface area contributed by atoms with E-state index < -0.39 is 0 Å². The van der Waals surface area contributed by atoms with Crippen LogP contribution in [0.5, 0.6) is 0 Å². The van der Waals surface area contributed by atoms with Crippen molar-refractivity contribution in [1.82, 2.24) is 15.1 Å².